The molecule has 108 valence electrons. The molecule has 0 bridgehead atoms. The van der Waals surface area contributed by atoms with Crippen LogP contribution in [-0.2, 0) is 6.54 Å². The zero-order valence-corrected chi connectivity index (χ0v) is 12.0. The lowest BCUT2D eigenvalue weighted by molar-refractivity contribution is -0.384. The van der Waals surface area contributed by atoms with Gasteiger partial charge in [-0.25, -0.2) is 9.97 Å². The van der Waals surface area contributed by atoms with Crippen molar-refractivity contribution < 1.29 is 9.72 Å². The molecule has 8 heteroatoms. The fourth-order valence-corrected chi connectivity index (χ4v) is 2.01. The second kappa shape index (κ2) is 6.80. The van der Waals surface area contributed by atoms with Crippen molar-refractivity contribution in [2.75, 3.05) is 11.6 Å². The number of carbonyl (C=O) groups is 1. The average molecular weight is 304 g/mol. The van der Waals surface area contributed by atoms with Gasteiger partial charge >= 0.3 is 0 Å². The summed E-state index contributed by atoms with van der Waals surface area (Å²) in [5.41, 5.74) is 1.10. The molecule has 0 radical (unpaired) electrons. The molecule has 0 saturated heterocycles. The average Bonchev–Trinajstić information content (AvgIpc) is 2.52. The summed E-state index contributed by atoms with van der Waals surface area (Å²) in [6.45, 7) is 0.327. The maximum Gasteiger partial charge on any atom is 0.269 e. The molecule has 2 rings (SSSR count). The van der Waals surface area contributed by atoms with Crippen molar-refractivity contribution in [3.63, 3.8) is 0 Å². The van der Waals surface area contributed by atoms with Gasteiger partial charge < -0.3 is 5.32 Å². The lowest BCUT2D eigenvalue weighted by Crippen LogP contribution is -2.06. The molecule has 7 nitrogen and oxygen atoms in total. The van der Waals surface area contributed by atoms with E-state index in [9.17, 15) is 14.9 Å². The number of nitrogens with zero attached hydrogens (tertiary/aromatic N) is 3. The largest absolute Gasteiger partial charge is 0.365 e. The van der Waals surface area contributed by atoms with Gasteiger partial charge in [0.1, 0.15) is 5.82 Å². The van der Waals surface area contributed by atoms with E-state index in [0.29, 0.717) is 29.4 Å². The summed E-state index contributed by atoms with van der Waals surface area (Å²) < 4.78 is 0. The Morgan fingerprint density at radius 3 is 2.95 bits per heavy atom. The van der Waals surface area contributed by atoms with E-state index in [1.807, 2.05) is 6.26 Å². The highest BCUT2D eigenvalue weighted by Crippen LogP contribution is 2.17. The third kappa shape index (κ3) is 3.76. The predicted octanol–water partition coefficient (Wildman–Crippen LogP) is 2.53. The molecule has 0 atom stereocenters. The Balaban J connectivity index is 2.17. The van der Waals surface area contributed by atoms with Crippen LogP contribution in [0.25, 0.3) is 0 Å². The van der Waals surface area contributed by atoms with Crippen molar-refractivity contribution in [2.45, 2.75) is 11.7 Å². The van der Waals surface area contributed by atoms with Crippen LogP contribution in [0.1, 0.15) is 15.9 Å². The molecule has 0 unspecified atom stereocenters. The molecule has 0 fully saturated rings. The standard InChI is InChI=1S/C13H12N4O3S/c1-21-13-15-7-10(8-18)12(16-13)14-6-9-3-2-4-11(5-9)17(19)20/h2-5,7-8H,6H2,1H3,(H,14,15,16). The molecular formula is C13H12N4O3S. The third-order valence-electron chi connectivity index (χ3n) is 2.69. The first-order valence-corrected chi connectivity index (χ1v) is 7.20. The predicted molar refractivity (Wildman–Crippen MR) is 79.6 cm³/mol. The quantitative estimate of drug-likeness (QED) is 0.288. The highest BCUT2D eigenvalue weighted by Gasteiger charge is 2.08. The van der Waals surface area contributed by atoms with Crippen molar-refractivity contribution in [3.05, 3.63) is 51.7 Å². The molecule has 0 spiro atoms. The number of hydrogen-bond donors (Lipinski definition) is 1. The topological polar surface area (TPSA) is 98.0 Å². The minimum atomic E-state index is -0.448. The number of aldehydes is 1. The lowest BCUT2D eigenvalue weighted by Gasteiger charge is -2.08. The summed E-state index contributed by atoms with van der Waals surface area (Å²) in [5, 5.41) is 14.3. The molecule has 0 aliphatic heterocycles. The number of carbonyl (C=O) groups excluding carboxylic acids is 1. The smallest absolute Gasteiger partial charge is 0.269 e. The number of non-ortho nitro benzene ring substituents is 1. The summed E-state index contributed by atoms with van der Waals surface area (Å²) in [6.07, 6.45) is 3.95. The van der Waals surface area contributed by atoms with Gasteiger partial charge in [-0.3, -0.25) is 14.9 Å². The first-order chi connectivity index (χ1) is 10.1. The van der Waals surface area contributed by atoms with Crippen molar-refractivity contribution in [1.29, 1.82) is 0 Å². The van der Waals surface area contributed by atoms with E-state index in [2.05, 4.69) is 15.3 Å². The molecule has 1 heterocycles. The van der Waals surface area contributed by atoms with E-state index in [1.165, 1.54) is 30.1 Å². The first-order valence-electron chi connectivity index (χ1n) is 5.97. The molecule has 0 saturated carbocycles. The monoisotopic (exact) mass is 304 g/mol. The molecule has 1 aromatic heterocycles. The number of hydrogen-bond acceptors (Lipinski definition) is 7. The summed E-state index contributed by atoms with van der Waals surface area (Å²) in [6, 6.07) is 6.28. The van der Waals surface area contributed by atoms with Gasteiger partial charge in [0.25, 0.3) is 5.69 Å². The van der Waals surface area contributed by atoms with E-state index in [0.717, 1.165) is 5.56 Å². The van der Waals surface area contributed by atoms with Gasteiger partial charge in [0.2, 0.25) is 0 Å². The Hall–Kier alpha value is -2.48. The Labute approximate surface area is 125 Å². The van der Waals surface area contributed by atoms with Crippen molar-refractivity contribution in [2.24, 2.45) is 0 Å². The van der Waals surface area contributed by atoms with E-state index in [4.69, 9.17) is 0 Å². The van der Waals surface area contributed by atoms with E-state index >= 15 is 0 Å². The number of nitro groups is 1. The molecule has 0 aliphatic carbocycles. The fraction of sp³-hybridized carbons (Fsp3) is 0.154. The van der Waals surface area contributed by atoms with Gasteiger partial charge in [0.05, 0.1) is 10.5 Å². The molecular weight excluding hydrogens is 292 g/mol. The van der Waals surface area contributed by atoms with Crippen LogP contribution in [0, 0.1) is 10.1 Å². The second-order valence-electron chi connectivity index (χ2n) is 4.06. The zero-order chi connectivity index (χ0) is 15.2. The zero-order valence-electron chi connectivity index (χ0n) is 11.1. The Morgan fingerprint density at radius 1 is 1.48 bits per heavy atom. The fourth-order valence-electron chi connectivity index (χ4n) is 1.67. The summed E-state index contributed by atoms with van der Waals surface area (Å²) >= 11 is 1.36. The highest BCUT2D eigenvalue weighted by molar-refractivity contribution is 7.98. The lowest BCUT2D eigenvalue weighted by atomic mass is 10.2. The first kappa shape index (κ1) is 14.9. The van der Waals surface area contributed by atoms with E-state index in [-0.39, 0.29) is 5.69 Å². The Kier molecular flexibility index (Phi) is 4.83. The van der Waals surface area contributed by atoms with Crippen LogP contribution in [0.15, 0.2) is 35.6 Å². The van der Waals surface area contributed by atoms with Gasteiger partial charge in [-0.2, -0.15) is 0 Å². The van der Waals surface area contributed by atoms with Gasteiger partial charge in [-0.15, -0.1) is 0 Å². The summed E-state index contributed by atoms with van der Waals surface area (Å²) in [4.78, 5) is 29.5. The summed E-state index contributed by atoms with van der Waals surface area (Å²) in [7, 11) is 0. The van der Waals surface area contributed by atoms with Crippen molar-refractivity contribution in [3.8, 4) is 0 Å². The number of nitrogens with one attached hydrogen (secondary N) is 1. The second-order valence-corrected chi connectivity index (χ2v) is 4.83. The van der Waals surface area contributed by atoms with Crippen molar-refractivity contribution >= 4 is 29.6 Å². The molecule has 0 amide bonds. The highest BCUT2D eigenvalue weighted by atomic mass is 32.2. The van der Waals surface area contributed by atoms with E-state index < -0.39 is 4.92 Å². The number of nitro benzene ring substituents is 1. The van der Waals surface area contributed by atoms with Crippen LogP contribution in [0.3, 0.4) is 0 Å². The van der Waals surface area contributed by atoms with Crippen LogP contribution in [-0.4, -0.2) is 27.4 Å². The van der Waals surface area contributed by atoms with Gasteiger partial charge in [0, 0.05) is 24.9 Å². The van der Waals surface area contributed by atoms with E-state index in [1.54, 1.807) is 12.1 Å². The minimum Gasteiger partial charge on any atom is -0.365 e. The van der Waals surface area contributed by atoms with Crippen LogP contribution >= 0.6 is 11.8 Å². The molecule has 1 N–H and O–H groups in total. The maximum absolute atomic E-state index is 11.0. The Bertz CT molecular complexity index is 678. The minimum absolute atomic E-state index is 0.0254. The summed E-state index contributed by atoms with van der Waals surface area (Å²) in [5.74, 6) is 0.413. The molecule has 1 aromatic carbocycles. The molecule has 2 aromatic rings. The van der Waals surface area contributed by atoms with Crippen LogP contribution in [0.5, 0.6) is 0 Å². The van der Waals surface area contributed by atoms with Gasteiger partial charge in [-0.05, 0) is 11.8 Å². The number of thioether (sulfide) groups is 1. The molecule has 21 heavy (non-hydrogen) atoms. The van der Waals surface area contributed by atoms with Crippen LogP contribution in [0.2, 0.25) is 0 Å². The normalized spacial score (nSPS) is 10.1. The number of anilines is 1. The third-order valence-corrected chi connectivity index (χ3v) is 3.25. The van der Waals surface area contributed by atoms with Crippen LogP contribution < -0.4 is 5.32 Å². The SMILES string of the molecule is CSc1ncc(C=O)c(NCc2cccc([N+](=O)[O-])c2)n1. The van der Waals surface area contributed by atoms with Gasteiger partial charge in [0.15, 0.2) is 11.4 Å². The van der Waals surface area contributed by atoms with Crippen molar-refractivity contribution in [1.82, 2.24) is 9.97 Å². The van der Waals surface area contributed by atoms with Crippen LogP contribution in [0.4, 0.5) is 11.5 Å². The molecule has 0 aliphatic rings. The maximum atomic E-state index is 11.0. The Morgan fingerprint density at radius 2 is 2.29 bits per heavy atom. The number of aromatic nitrogens is 2. The van der Waals surface area contributed by atoms with Gasteiger partial charge in [-0.1, -0.05) is 23.9 Å². The number of benzene rings is 1. The number of rotatable bonds is 6.